The van der Waals surface area contributed by atoms with Crippen LogP contribution in [0.15, 0.2) is 18.2 Å². The van der Waals surface area contributed by atoms with Crippen molar-refractivity contribution in [2.45, 2.75) is 24.6 Å². The number of hydrogen-bond acceptors (Lipinski definition) is 2. The van der Waals surface area contributed by atoms with Crippen LogP contribution in [0.5, 0.6) is 0 Å². The monoisotopic (exact) mass is 279 g/mol. The lowest BCUT2D eigenvalue weighted by molar-refractivity contribution is -0.138. The largest absolute Gasteiger partial charge is 0.416 e. The van der Waals surface area contributed by atoms with Gasteiger partial charge >= 0.3 is 6.18 Å². The first-order chi connectivity index (χ1) is 8.30. The van der Waals surface area contributed by atoms with Gasteiger partial charge in [0.2, 0.25) is 0 Å². The minimum Gasteiger partial charge on any atom is -0.388 e. The Morgan fingerprint density at radius 2 is 2.11 bits per heavy atom. The van der Waals surface area contributed by atoms with E-state index in [1.54, 1.807) is 0 Å². The van der Waals surface area contributed by atoms with Gasteiger partial charge < -0.3 is 10.4 Å². The highest BCUT2D eigenvalue weighted by Crippen LogP contribution is 2.35. The number of rotatable bonds is 2. The lowest BCUT2D eigenvalue weighted by Crippen LogP contribution is -2.34. The third-order valence-electron chi connectivity index (χ3n) is 3.12. The molecule has 100 valence electrons. The van der Waals surface area contributed by atoms with Crippen LogP contribution in [0.25, 0.3) is 0 Å². The summed E-state index contributed by atoms with van der Waals surface area (Å²) < 4.78 is 38.6. The molecule has 1 unspecified atom stereocenters. The van der Waals surface area contributed by atoms with Crippen LogP contribution >= 0.6 is 11.6 Å². The molecule has 0 spiro atoms. The smallest absolute Gasteiger partial charge is 0.388 e. The average Bonchev–Trinajstić information content (AvgIpc) is 2.66. The Morgan fingerprint density at radius 3 is 2.67 bits per heavy atom. The molecule has 1 heterocycles. The molecule has 0 radical (unpaired) electrons. The number of β-amino-alcohol motifs (C(OH)–C–C–N with tert-alkyl or cyclic N) is 1. The molecule has 6 heteroatoms. The Balaban J connectivity index is 2.32. The van der Waals surface area contributed by atoms with Gasteiger partial charge in [0.1, 0.15) is 0 Å². The number of aliphatic hydroxyl groups is 1. The van der Waals surface area contributed by atoms with Gasteiger partial charge in [-0.1, -0.05) is 17.7 Å². The summed E-state index contributed by atoms with van der Waals surface area (Å²) in [5.74, 6) is 0. The molecule has 0 amide bonds. The second-order valence-corrected chi connectivity index (χ2v) is 5.06. The number of hydrogen-bond donors (Lipinski definition) is 2. The van der Waals surface area contributed by atoms with E-state index in [1.807, 2.05) is 0 Å². The molecule has 2 N–H and O–H groups in total. The average molecular weight is 280 g/mol. The lowest BCUT2D eigenvalue weighted by Gasteiger charge is -2.23. The Morgan fingerprint density at radius 1 is 1.39 bits per heavy atom. The van der Waals surface area contributed by atoms with Gasteiger partial charge in [-0.3, -0.25) is 0 Å². The maximum absolute atomic E-state index is 12.9. The zero-order valence-electron chi connectivity index (χ0n) is 9.52. The summed E-state index contributed by atoms with van der Waals surface area (Å²) in [5.41, 5.74) is -1.79. The van der Waals surface area contributed by atoms with E-state index in [0.29, 0.717) is 19.5 Å². The van der Waals surface area contributed by atoms with Crippen molar-refractivity contribution in [2.24, 2.45) is 0 Å². The van der Waals surface area contributed by atoms with Crippen molar-refractivity contribution in [2.75, 3.05) is 13.1 Å². The van der Waals surface area contributed by atoms with Crippen molar-refractivity contribution in [3.8, 4) is 0 Å². The molecule has 1 aliphatic heterocycles. The Labute approximate surface area is 108 Å². The minimum absolute atomic E-state index is 0.0218. The second kappa shape index (κ2) is 4.72. The highest BCUT2D eigenvalue weighted by molar-refractivity contribution is 6.30. The summed E-state index contributed by atoms with van der Waals surface area (Å²) in [6.45, 7) is 0.929. The summed E-state index contributed by atoms with van der Waals surface area (Å²) in [6.07, 6.45) is -4.03. The van der Waals surface area contributed by atoms with Crippen LogP contribution in [0.2, 0.25) is 5.02 Å². The third-order valence-corrected chi connectivity index (χ3v) is 3.35. The Bertz CT molecular complexity index is 441. The molecule has 1 fully saturated rings. The number of halogens is 4. The minimum atomic E-state index is -4.46. The summed E-state index contributed by atoms with van der Waals surface area (Å²) in [5, 5.41) is 13.1. The van der Waals surface area contributed by atoms with E-state index < -0.39 is 17.3 Å². The zero-order chi connectivity index (χ0) is 13.4. The predicted octanol–water partition coefficient (Wildman–Crippen LogP) is 2.63. The first kappa shape index (κ1) is 13.6. The summed E-state index contributed by atoms with van der Waals surface area (Å²) in [4.78, 5) is 0. The SMILES string of the molecule is OC1(Cc2ccc(Cl)cc2C(F)(F)F)CCNC1. The fourth-order valence-electron chi connectivity index (χ4n) is 2.20. The molecular weight excluding hydrogens is 267 g/mol. The number of alkyl halides is 3. The fraction of sp³-hybridized carbons (Fsp3) is 0.500. The van der Waals surface area contributed by atoms with Crippen LogP contribution in [-0.4, -0.2) is 23.8 Å². The maximum Gasteiger partial charge on any atom is 0.416 e. The van der Waals surface area contributed by atoms with Gasteiger partial charge in [-0.25, -0.2) is 0 Å². The van der Waals surface area contributed by atoms with Crippen LogP contribution in [-0.2, 0) is 12.6 Å². The van der Waals surface area contributed by atoms with Gasteiger partial charge in [0.05, 0.1) is 11.2 Å². The van der Waals surface area contributed by atoms with E-state index in [2.05, 4.69) is 5.32 Å². The quantitative estimate of drug-likeness (QED) is 0.872. The molecule has 1 saturated heterocycles. The molecule has 1 aromatic carbocycles. The number of benzene rings is 1. The van der Waals surface area contributed by atoms with Crippen LogP contribution < -0.4 is 5.32 Å². The molecule has 0 aliphatic carbocycles. The van der Waals surface area contributed by atoms with Crippen molar-refractivity contribution in [1.82, 2.24) is 5.32 Å². The van der Waals surface area contributed by atoms with Crippen LogP contribution in [0.3, 0.4) is 0 Å². The topological polar surface area (TPSA) is 32.3 Å². The summed E-state index contributed by atoms with van der Waals surface area (Å²) >= 11 is 5.60. The molecule has 1 aliphatic rings. The highest BCUT2D eigenvalue weighted by Gasteiger charge is 2.37. The Kier molecular flexibility index (Phi) is 3.58. The molecular formula is C12H13ClF3NO. The van der Waals surface area contributed by atoms with Crippen molar-refractivity contribution >= 4 is 11.6 Å². The second-order valence-electron chi connectivity index (χ2n) is 4.63. The normalized spacial score (nSPS) is 24.5. The summed E-state index contributed by atoms with van der Waals surface area (Å²) in [7, 11) is 0. The van der Waals surface area contributed by atoms with Crippen molar-refractivity contribution in [1.29, 1.82) is 0 Å². The molecule has 1 atom stereocenters. The van der Waals surface area contributed by atoms with Crippen LogP contribution in [0, 0.1) is 0 Å². The third kappa shape index (κ3) is 2.96. The van der Waals surface area contributed by atoms with Gasteiger partial charge in [-0.2, -0.15) is 13.2 Å². The van der Waals surface area contributed by atoms with Gasteiger partial charge in [-0.15, -0.1) is 0 Å². The van der Waals surface area contributed by atoms with Gasteiger partial charge in [-0.05, 0) is 30.7 Å². The lowest BCUT2D eigenvalue weighted by atomic mass is 9.91. The van der Waals surface area contributed by atoms with E-state index in [1.165, 1.54) is 12.1 Å². The summed E-state index contributed by atoms with van der Waals surface area (Å²) in [6, 6.07) is 3.65. The van der Waals surface area contributed by atoms with Crippen LogP contribution in [0.4, 0.5) is 13.2 Å². The van der Waals surface area contributed by atoms with E-state index in [4.69, 9.17) is 11.6 Å². The number of nitrogens with one attached hydrogen (secondary N) is 1. The van der Waals surface area contributed by atoms with Crippen molar-refractivity contribution in [3.63, 3.8) is 0 Å². The highest BCUT2D eigenvalue weighted by atomic mass is 35.5. The maximum atomic E-state index is 12.9. The molecule has 0 aromatic heterocycles. The van der Waals surface area contributed by atoms with E-state index >= 15 is 0 Å². The zero-order valence-corrected chi connectivity index (χ0v) is 10.3. The van der Waals surface area contributed by atoms with Gasteiger partial charge in [0, 0.05) is 18.0 Å². The molecule has 18 heavy (non-hydrogen) atoms. The Hall–Kier alpha value is -0.780. The van der Waals surface area contributed by atoms with E-state index in [0.717, 1.165) is 6.07 Å². The van der Waals surface area contributed by atoms with Crippen LogP contribution in [0.1, 0.15) is 17.5 Å². The standard InChI is InChI=1S/C12H13ClF3NO/c13-9-2-1-8(10(5-9)12(14,15)16)6-11(18)3-4-17-7-11/h1-2,5,17-18H,3-4,6-7H2. The first-order valence-electron chi connectivity index (χ1n) is 5.59. The molecule has 0 saturated carbocycles. The molecule has 1 aromatic rings. The van der Waals surface area contributed by atoms with E-state index in [9.17, 15) is 18.3 Å². The van der Waals surface area contributed by atoms with Gasteiger partial charge in [0.25, 0.3) is 0 Å². The van der Waals surface area contributed by atoms with E-state index in [-0.39, 0.29) is 17.0 Å². The van der Waals surface area contributed by atoms with Crippen molar-refractivity contribution in [3.05, 3.63) is 34.3 Å². The predicted molar refractivity (Wildman–Crippen MR) is 62.6 cm³/mol. The molecule has 2 nitrogen and oxygen atoms in total. The fourth-order valence-corrected chi connectivity index (χ4v) is 2.37. The van der Waals surface area contributed by atoms with Gasteiger partial charge in [0.15, 0.2) is 0 Å². The molecule has 0 bridgehead atoms. The first-order valence-corrected chi connectivity index (χ1v) is 5.97. The van der Waals surface area contributed by atoms with Crippen molar-refractivity contribution < 1.29 is 18.3 Å². The molecule has 2 rings (SSSR count).